The second kappa shape index (κ2) is 5.46. The van der Waals surface area contributed by atoms with Gasteiger partial charge in [0.2, 0.25) is 0 Å². The third-order valence-corrected chi connectivity index (χ3v) is 4.30. The van der Waals surface area contributed by atoms with Crippen LogP contribution in [0.5, 0.6) is 0 Å². The number of carbonyl (C=O) groups excluding carboxylic acids is 1. The summed E-state index contributed by atoms with van der Waals surface area (Å²) < 4.78 is 3.32. The maximum absolute atomic E-state index is 13.0. The van der Waals surface area contributed by atoms with E-state index in [1.807, 2.05) is 0 Å². The number of fused-ring (bicyclic) bond motifs is 3. The molecule has 0 radical (unpaired) electrons. The van der Waals surface area contributed by atoms with Gasteiger partial charge in [-0.1, -0.05) is 35.9 Å². The predicted molar refractivity (Wildman–Crippen MR) is 95.2 cm³/mol. The Hall–Kier alpha value is -3.12. The molecule has 0 aliphatic rings. The number of halogens is 1. The van der Waals surface area contributed by atoms with Crippen molar-refractivity contribution in [1.29, 1.82) is 0 Å². The number of aromatic nitrogens is 3. The molecular weight excluding hydrogens is 342 g/mol. The van der Waals surface area contributed by atoms with Gasteiger partial charge in [0, 0.05) is 17.3 Å². The summed E-state index contributed by atoms with van der Waals surface area (Å²) in [5.41, 5.74) is -0.158. The molecule has 2 heterocycles. The molecule has 0 bridgehead atoms. The molecule has 0 fully saturated rings. The van der Waals surface area contributed by atoms with Crippen molar-refractivity contribution in [2.45, 2.75) is 6.92 Å². The molecule has 0 atom stereocenters. The van der Waals surface area contributed by atoms with Crippen LogP contribution < -0.4 is 11.4 Å². The number of hydrogen-bond donors (Lipinski definition) is 0. The molecule has 0 spiro atoms. The van der Waals surface area contributed by atoms with E-state index in [0.29, 0.717) is 21.6 Å². The van der Waals surface area contributed by atoms with Crippen LogP contribution in [-0.2, 0) is 0 Å². The minimum atomic E-state index is -0.608. The van der Waals surface area contributed by atoms with Crippen molar-refractivity contribution in [3.63, 3.8) is 0 Å². The first-order valence-corrected chi connectivity index (χ1v) is 7.92. The average molecular weight is 354 g/mol. The van der Waals surface area contributed by atoms with Gasteiger partial charge in [-0.25, -0.2) is 14.2 Å². The fraction of sp³-hybridized carbons (Fsp3) is 0.0556. The summed E-state index contributed by atoms with van der Waals surface area (Å²) in [5.74, 6) is -0.318. The van der Waals surface area contributed by atoms with Gasteiger partial charge in [0.15, 0.2) is 5.78 Å². The summed E-state index contributed by atoms with van der Waals surface area (Å²) in [6.07, 6.45) is 0. The SMILES string of the molecule is CC(=O)c1cc2ccc(Cl)cc2n2c(=O)n(-c3ccccc3)c(=O)n12. The van der Waals surface area contributed by atoms with E-state index in [1.165, 1.54) is 11.4 Å². The minimum absolute atomic E-state index is 0.131. The Kier molecular flexibility index (Phi) is 3.36. The fourth-order valence-corrected chi connectivity index (χ4v) is 3.11. The van der Waals surface area contributed by atoms with E-state index in [2.05, 4.69) is 0 Å². The Bertz CT molecular complexity index is 1270. The van der Waals surface area contributed by atoms with E-state index in [0.717, 1.165) is 9.08 Å². The number of rotatable bonds is 2. The number of para-hydroxylation sites is 1. The third-order valence-electron chi connectivity index (χ3n) is 4.06. The van der Waals surface area contributed by atoms with Gasteiger partial charge in [-0.15, -0.1) is 0 Å². The van der Waals surface area contributed by atoms with Crippen LogP contribution in [0.3, 0.4) is 0 Å². The fourth-order valence-electron chi connectivity index (χ4n) is 2.94. The molecular formula is C18H12ClN3O3. The molecule has 0 N–H and O–H groups in total. The molecule has 7 heteroatoms. The summed E-state index contributed by atoms with van der Waals surface area (Å²) >= 11 is 6.06. The monoisotopic (exact) mass is 353 g/mol. The Morgan fingerprint density at radius 2 is 1.60 bits per heavy atom. The van der Waals surface area contributed by atoms with E-state index in [-0.39, 0.29) is 11.5 Å². The molecule has 0 unspecified atom stereocenters. The maximum atomic E-state index is 13.0. The van der Waals surface area contributed by atoms with Gasteiger partial charge in [-0.05, 0) is 30.3 Å². The molecule has 0 aliphatic carbocycles. The quantitative estimate of drug-likeness (QED) is 0.520. The standard InChI is InChI=1S/C18H12ClN3O3/c1-11(23)15-9-12-7-8-13(19)10-16(12)22-18(25)20(17(24)21(15)22)14-5-3-2-4-6-14/h2-10H,1H3. The molecule has 25 heavy (non-hydrogen) atoms. The second-order valence-electron chi connectivity index (χ2n) is 5.65. The summed E-state index contributed by atoms with van der Waals surface area (Å²) in [7, 11) is 0. The second-order valence-corrected chi connectivity index (χ2v) is 6.09. The number of Topliss-reactive ketones (excluding diaryl/α,β-unsaturated/α-hetero) is 1. The van der Waals surface area contributed by atoms with Crippen molar-refractivity contribution < 1.29 is 4.79 Å². The predicted octanol–water partition coefficient (Wildman–Crippen LogP) is 2.56. The zero-order valence-corrected chi connectivity index (χ0v) is 13.9. The largest absolute Gasteiger partial charge is 0.357 e. The van der Waals surface area contributed by atoms with Crippen molar-refractivity contribution in [2.75, 3.05) is 0 Å². The lowest BCUT2D eigenvalue weighted by molar-refractivity contribution is 0.100. The van der Waals surface area contributed by atoms with Crippen LogP contribution >= 0.6 is 11.6 Å². The highest BCUT2D eigenvalue weighted by Gasteiger charge is 2.19. The van der Waals surface area contributed by atoms with E-state index >= 15 is 0 Å². The average Bonchev–Trinajstić information content (AvgIpc) is 2.86. The molecule has 0 saturated heterocycles. The molecule has 0 saturated carbocycles. The van der Waals surface area contributed by atoms with Gasteiger partial charge in [-0.2, -0.15) is 9.03 Å². The van der Waals surface area contributed by atoms with Gasteiger partial charge < -0.3 is 0 Å². The Morgan fingerprint density at radius 1 is 0.920 bits per heavy atom. The highest BCUT2D eigenvalue weighted by atomic mass is 35.5. The Labute approximate surface area is 146 Å². The van der Waals surface area contributed by atoms with Crippen molar-refractivity contribution >= 4 is 28.3 Å². The summed E-state index contributed by atoms with van der Waals surface area (Å²) in [5, 5.41) is 1.07. The number of carbonyl (C=O) groups is 1. The van der Waals surface area contributed by atoms with E-state index in [4.69, 9.17) is 11.6 Å². The molecule has 4 aromatic rings. The van der Waals surface area contributed by atoms with E-state index < -0.39 is 11.4 Å². The van der Waals surface area contributed by atoms with Gasteiger partial charge in [0.1, 0.15) is 5.69 Å². The first-order valence-electron chi connectivity index (χ1n) is 7.54. The van der Waals surface area contributed by atoms with Crippen molar-refractivity contribution in [2.24, 2.45) is 0 Å². The van der Waals surface area contributed by atoms with Crippen LogP contribution in [0, 0.1) is 0 Å². The number of hydrogen-bond acceptors (Lipinski definition) is 3. The molecule has 124 valence electrons. The van der Waals surface area contributed by atoms with Gasteiger partial charge in [0.25, 0.3) is 0 Å². The van der Waals surface area contributed by atoms with Crippen LogP contribution in [0.4, 0.5) is 0 Å². The molecule has 6 nitrogen and oxygen atoms in total. The molecule has 2 aromatic carbocycles. The van der Waals surface area contributed by atoms with Crippen LogP contribution in [-0.4, -0.2) is 19.4 Å². The van der Waals surface area contributed by atoms with Crippen LogP contribution in [0.2, 0.25) is 5.02 Å². The summed E-state index contributed by atoms with van der Waals surface area (Å²) in [6.45, 7) is 1.36. The van der Waals surface area contributed by atoms with Gasteiger partial charge >= 0.3 is 11.4 Å². The summed E-state index contributed by atoms with van der Waals surface area (Å²) in [4.78, 5) is 38.0. The molecule has 4 rings (SSSR count). The minimum Gasteiger partial charge on any atom is -0.293 e. The normalized spacial score (nSPS) is 11.3. The molecule has 0 aliphatic heterocycles. The highest BCUT2D eigenvalue weighted by molar-refractivity contribution is 6.31. The van der Waals surface area contributed by atoms with Crippen molar-refractivity contribution in [3.8, 4) is 5.69 Å². The van der Waals surface area contributed by atoms with Crippen molar-refractivity contribution in [3.05, 3.63) is 86.3 Å². The zero-order valence-electron chi connectivity index (χ0n) is 13.1. The third kappa shape index (κ3) is 2.22. The van der Waals surface area contributed by atoms with Gasteiger partial charge in [-0.3, -0.25) is 4.79 Å². The number of benzene rings is 2. The zero-order chi connectivity index (χ0) is 17.7. The van der Waals surface area contributed by atoms with E-state index in [9.17, 15) is 14.4 Å². The van der Waals surface area contributed by atoms with Crippen LogP contribution in [0.15, 0.2) is 64.2 Å². The van der Waals surface area contributed by atoms with Crippen molar-refractivity contribution in [1.82, 2.24) is 13.6 Å². The number of ketones is 1. The maximum Gasteiger partial charge on any atom is 0.357 e. The first-order chi connectivity index (χ1) is 12.0. The highest BCUT2D eigenvalue weighted by Crippen LogP contribution is 2.19. The van der Waals surface area contributed by atoms with Gasteiger partial charge in [0.05, 0.1) is 11.2 Å². The Balaban J connectivity index is 2.30. The first kappa shape index (κ1) is 15.4. The smallest absolute Gasteiger partial charge is 0.293 e. The lowest BCUT2D eigenvalue weighted by Gasteiger charge is -2.07. The molecule has 2 aromatic heterocycles. The van der Waals surface area contributed by atoms with Crippen LogP contribution in [0.1, 0.15) is 17.4 Å². The lowest BCUT2D eigenvalue weighted by atomic mass is 10.2. The van der Waals surface area contributed by atoms with Crippen LogP contribution in [0.25, 0.3) is 16.6 Å². The summed E-state index contributed by atoms with van der Waals surface area (Å²) in [6, 6.07) is 15.1. The molecule has 0 amide bonds. The number of nitrogens with zero attached hydrogens (tertiary/aromatic N) is 3. The Morgan fingerprint density at radius 3 is 2.28 bits per heavy atom. The topological polar surface area (TPSA) is 65.0 Å². The lowest BCUT2D eigenvalue weighted by Crippen LogP contribution is -2.26. The van der Waals surface area contributed by atoms with E-state index in [1.54, 1.807) is 54.6 Å².